The van der Waals surface area contributed by atoms with Crippen molar-refractivity contribution < 1.29 is 28.7 Å². The van der Waals surface area contributed by atoms with Crippen molar-refractivity contribution in [2.75, 3.05) is 19.5 Å². The molecular weight excluding hydrogens is 446 g/mol. The molecule has 0 saturated carbocycles. The number of methoxy groups -OCH3 is 2. The summed E-state index contributed by atoms with van der Waals surface area (Å²) in [5, 5.41) is 5.15. The zero-order chi connectivity index (χ0) is 25.5. The van der Waals surface area contributed by atoms with E-state index in [-0.39, 0.29) is 35.7 Å². The molecule has 0 aliphatic rings. The van der Waals surface area contributed by atoms with Crippen LogP contribution in [0.5, 0.6) is 0 Å². The summed E-state index contributed by atoms with van der Waals surface area (Å²) in [5.41, 5.74) is -0.661. The average Bonchev–Trinajstić information content (AvgIpc) is 2.79. The number of hydrogen-bond acceptors (Lipinski definition) is 9. The van der Waals surface area contributed by atoms with E-state index in [9.17, 15) is 24.0 Å². The Balaban J connectivity index is 2.15. The van der Waals surface area contributed by atoms with Crippen LogP contribution in [0.1, 0.15) is 39.2 Å². The summed E-state index contributed by atoms with van der Waals surface area (Å²) >= 11 is 0. The molecule has 0 aliphatic carbocycles. The van der Waals surface area contributed by atoms with Crippen LogP contribution in [0.4, 0.5) is 5.95 Å². The maximum Gasteiger partial charge on any atom is 0.328 e. The summed E-state index contributed by atoms with van der Waals surface area (Å²) in [6, 6.07) is 0.437. The van der Waals surface area contributed by atoms with Crippen LogP contribution in [-0.4, -0.2) is 59.0 Å². The van der Waals surface area contributed by atoms with Crippen molar-refractivity contribution in [2.24, 2.45) is 5.41 Å². The number of fused-ring (bicyclic) bond motifs is 1. The normalized spacial score (nSPS) is 12.3. The predicted octanol–water partition coefficient (Wildman–Crippen LogP) is 0.927. The second kappa shape index (κ2) is 11.2. The van der Waals surface area contributed by atoms with Crippen molar-refractivity contribution >= 4 is 46.8 Å². The third-order valence-corrected chi connectivity index (χ3v) is 4.59. The monoisotopic (exact) mass is 473 g/mol. The summed E-state index contributed by atoms with van der Waals surface area (Å²) in [6.45, 7) is 5.17. The van der Waals surface area contributed by atoms with E-state index >= 15 is 0 Å². The van der Waals surface area contributed by atoms with E-state index in [0.29, 0.717) is 5.56 Å². The quantitative estimate of drug-likeness (QED) is 0.373. The SMILES string of the molecule is COC(=O)CC[C@H](NC(=O)/C=C/c1cnc2nc(NC(=O)C(C)(C)C)[nH]c(=O)c2c1)C(=O)OC. The van der Waals surface area contributed by atoms with Gasteiger partial charge in [-0.2, -0.15) is 4.98 Å². The third kappa shape index (κ3) is 7.22. The lowest BCUT2D eigenvalue weighted by Gasteiger charge is -2.16. The number of nitrogens with zero attached hydrogens (tertiary/aromatic N) is 2. The molecule has 1 atom stereocenters. The lowest BCUT2D eigenvalue weighted by Crippen LogP contribution is -2.41. The van der Waals surface area contributed by atoms with Gasteiger partial charge in [0.1, 0.15) is 6.04 Å². The fourth-order valence-corrected chi connectivity index (χ4v) is 2.63. The Kier molecular flexibility index (Phi) is 8.59. The van der Waals surface area contributed by atoms with E-state index < -0.39 is 34.9 Å². The molecule has 34 heavy (non-hydrogen) atoms. The first kappa shape index (κ1) is 26.2. The molecular formula is C22H27N5O7. The molecule has 2 aromatic rings. The van der Waals surface area contributed by atoms with Gasteiger partial charge in [-0.25, -0.2) is 9.78 Å². The van der Waals surface area contributed by atoms with E-state index in [1.165, 1.54) is 32.6 Å². The number of carbonyl (C=O) groups excluding carboxylic acids is 4. The van der Waals surface area contributed by atoms with Gasteiger partial charge in [-0.05, 0) is 24.1 Å². The van der Waals surface area contributed by atoms with Crippen LogP contribution >= 0.6 is 0 Å². The van der Waals surface area contributed by atoms with Gasteiger partial charge < -0.3 is 14.8 Å². The molecule has 182 valence electrons. The van der Waals surface area contributed by atoms with Crippen LogP contribution in [0.2, 0.25) is 0 Å². The van der Waals surface area contributed by atoms with Gasteiger partial charge in [-0.15, -0.1) is 0 Å². The smallest absolute Gasteiger partial charge is 0.328 e. The second-order valence-electron chi connectivity index (χ2n) is 8.29. The maximum absolute atomic E-state index is 12.4. The molecule has 12 nitrogen and oxygen atoms in total. The topological polar surface area (TPSA) is 169 Å². The van der Waals surface area contributed by atoms with Crippen LogP contribution in [-0.2, 0) is 28.7 Å². The molecule has 0 saturated heterocycles. The molecule has 12 heteroatoms. The largest absolute Gasteiger partial charge is 0.469 e. The first-order chi connectivity index (χ1) is 15.9. The summed E-state index contributed by atoms with van der Waals surface area (Å²) in [6.07, 6.45) is 3.86. The fourth-order valence-electron chi connectivity index (χ4n) is 2.63. The number of amides is 2. The average molecular weight is 473 g/mol. The molecule has 3 N–H and O–H groups in total. The van der Waals surface area contributed by atoms with Gasteiger partial charge in [-0.1, -0.05) is 20.8 Å². The van der Waals surface area contributed by atoms with Gasteiger partial charge in [0.25, 0.3) is 5.56 Å². The molecule has 0 spiro atoms. The van der Waals surface area contributed by atoms with Crippen LogP contribution in [0, 0.1) is 5.41 Å². The van der Waals surface area contributed by atoms with E-state index in [0.717, 1.165) is 6.08 Å². The minimum atomic E-state index is -1.04. The number of pyridine rings is 1. The van der Waals surface area contributed by atoms with Gasteiger partial charge in [0.05, 0.1) is 19.6 Å². The van der Waals surface area contributed by atoms with E-state index in [4.69, 9.17) is 0 Å². The van der Waals surface area contributed by atoms with Crippen molar-refractivity contribution in [1.82, 2.24) is 20.3 Å². The van der Waals surface area contributed by atoms with Gasteiger partial charge in [-0.3, -0.25) is 29.5 Å². The zero-order valence-electron chi connectivity index (χ0n) is 19.6. The number of rotatable bonds is 8. The first-order valence-corrected chi connectivity index (χ1v) is 10.3. The van der Waals surface area contributed by atoms with Crippen molar-refractivity contribution in [3.8, 4) is 0 Å². The van der Waals surface area contributed by atoms with E-state index in [1.807, 2.05) is 0 Å². The number of anilines is 1. The number of nitrogens with one attached hydrogen (secondary N) is 3. The number of H-pyrrole nitrogens is 1. The number of carbonyl (C=O) groups is 4. The Morgan fingerprint density at radius 1 is 1.18 bits per heavy atom. The summed E-state index contributed by atoms with van der Waals surface area (Å²) < 4.78 is 9.18. The number of esters is 2. The highest BCUT2D eigenvalue weighted by molar-refractivity contribution is 5.95. The molecule has 0 aromatic carbocycles. The highest BCUT2D eigenvalue weighted by Crippen LogP contribution is 2.16. The highest BCUT2D eigenvalue weighted by Gasteiger charge is 2.23. The minimum absolute atomic E-state index is 0.00554. The van der Waals surface area contributed by atoms with E-state index in [1.54, 1.807) is 20.8 Å². The fraction of sp³-hybridized carbons (Fsp3) is 0.409. The Morgan fingerprint density at radius 2 is 1.88 bits per heavy atom. The van der Waals surface area contributed by atoms with Crippen molar-refractivity contribution in [1.29, 1.82) is 0 Å². The predicted molar refractivity (Wildman–Crippen MR) is 122 cm³/mol. The summed E-state index contributed by atoms with van der Waals surface area (Å²) in [4.78, 5) is 70.8. The second-order valence-corrected chi connectivity index (χ2v) is 8.29. The van der Waals surface area contributed by atoms with Crippen LogP contribution in [0.15, 0.2) is 23.1 Å². The molecule has 2 rings (SSSR count). The van der Waals surface area contributed by atoms with E-state index in [2.05, 4.69) is 35.1 Å². The van der Waals surface area contributed by atoms with Crippen LogP contribution in [0.3, 0.4) is 0 Å². The minimum Gasteiger partial charge on any atom is -0.469 e. The van der Waals surface area contributed by atoms with Crippen LogP contribution in [0.25, 0.3) is 17.1 Å². The van der Waals surface area contributed by atoms with Gasteiger partial charge in [0.2, 0.25) is 17.8 Å². The maximum atomic E-state index is 12.4. The van der Waals surface area contributed by atoms with Crippen molar-refractivity contribution in [2.45, 2.75) is 39.7 Å². The van der Waals surface area contributed by atoms with Crippen LogP contribution < -0.4 is 16.2 Å². The summed E-state index contributed by atoms with van der Waals surface area (Å²) in [7, 11) is 2.39. The lowest BCUT2D eigenvalue weighted by molar-refractivity contribution is -0.146. The molecule has 0 fully saturated rings. The third-order valence-electron chi connectivity index (χ3n) is 4.59. The molecule has 2 amide bonds. The van der Waals surface area contributed by atoms with Gasteiger partial charge in [0, 0.05) is 24.1 Å². The summed E-state index contributed by atoms with van der Waals surface area (Å²) in [5.74, 6) is -2.19. The first-order valence-electron chi connectivity index (χ1n) is 10.3. The Hall–Kier alpha value is -4.09. The van der Waals surface area contributed by atoms with Gasteiger partial charge >= 0.3 is 11.9 Å². The number of hydrogen-bond donors (Lipinski definition) is 3. The Bertz CT molecular complexity index is 1180. The zero-order valence-corrected chi connectivity index (χ0v) is 19.6. The molecule has 2 heterocycles. The van der Waals surface area contributed by atoms with Gasteiger partial charge in [0.15, 0.2) is 5.65 Å². The molecule has 0 bridgehead atoms. The Morgan fingerprint density at radius 3 is 2.50 bits per heavy atom. The molecule has 0 unspecified atom stereocenters. The molecule has 0 radical (unpaired) electrons. The standard InChI is InChI=1S/C22H27N5O7/c1-22(2,3)20(32)27-21-25-17-13(18(30)26-21)10-12(11-23-17)6-8-15(28)24-14(19(31)34-5)7-9-16(29)33-4/h6,8,10-11,14H,7,9H2,1-5H3,(H,24,28)(H2,23,25,26,27,30,32)/b8-6+/t14-/m0/s1. The number of aromatic amines is 1. The number of aromatic nitrogens is 3. The highest BCUT2D eigenvalue weighted by atomic mass is 16.5. The van der Waals surface area contributed by atoms with Crippen molar-refractivity contribution in [3.05, 3.63) is 34.3 Å². The molecule has 0 aliphatic heterocycles. The van der Waals surface area contributed by atoms with Crippen molar-refractivity contribution in [3.63, 3.8) is 0 Å². The lowest BCUT2D eigenvalue weighted by atomic mass is 9.96. The number of ether oxygens (including phenoxy) is 2. The Labute approximate surface area is 195 Å². The molecule has 2 aromatic heterocycles.